The number of halogens is 1. The van der Waals surface area contributed by atoms with E-state index in [9.17, 15) is 40.4 Å². The summed E-state index contributed by atoms with van der Waals surface area (Å²) in [6.07, 6.45) is 0. The van der Waals surface area contributed by atoms with Gasteiger partial charge in [-0.15, -0.1) is 22.7 Å². The number of methoxy groups -OCH3 is 1. The highest BCUT2D eigenvalue weighted by Gasteiger charge is 2.26. The summed E-state index contributed by atoms with van der Waals surface area (Å²) in [4.78, 5) is 45.2. The average molecular weight is 779 g/mol. The number of ether oxygens (including phenoxy) is 1. The summed E-state index contributed by atoms with van der Waals surface area (Å²) in [5.41, 5.74) is -2.85. The summed E-state index contributed by atoms with van der Waals surface area (Å²) >= 11 is 1.95. The maximum absolute atomic E-state index is 13.0. The fraction of sp³-hybridized carbons (Fsp3) is 0.0968. The number of fused-ring (bicyclic) bond motifs is 2. The molecule has 0 amide bonds. The van der Waals surface area contributed by atoms with Crippen molar-refractivity contribution in [2.45, 2.75) is 9.79 Å². The molecule has 51 heavy (non-hydrogen) atoms. The predicted octanol–water partition coefficient (Wildman–Crippen LogP) is 4.90. The number of thiophene rings is 2. The third-order valence-electron chi connectivity index (χ3n) is 7.09. The van der Waals surface area contributed by atoms with Gasteiger partial charge in [0.05, 0.1) is 26.3 Å². The van der Waals surface area contributed by atoms with Crippen molar-refractivity contribution in [3.63, 3.8) is 0 Å². The van der Waals surface area contributed by atoms with Crippen LogP contribution in [0.25, 0.3) is 20.6 Å². The van der Waals surface area contributed by atoms with Gasteiger partial charge in [-0.2, -0.15) is 0 Å². The molecule has 4 heterocycles. The Hall–Kier alpha value is -5.57. The molecule has 0 unspecified atom stereocenters. The van der Waals surface area contributed by atoms with Crippen LogP contribution in [0.3, 0.4) is 0 Å². The Labute approximate surface area is 294 Å². The van der Waals surface area contributed by atoms with Crippen molar-refractivity contribution in [1.29, 1.82) is 0 Å². The summed E-state index contributed by atoms with van der Waals surface area (Å²) in [6, 6.07) is 15.3. The fourth-order valence-corrected chi connectivity index (χ4v) is 9.10. The summed E-state index contributed by atoms with van der Waals surface area (Å²) in [5, 5.41) is 18.4. The lowest BCUT2D eigenvalue weighted by Gasteiger charge is -2.17. The second-order valence-corrected chi connectivity index (χ2v) is 16.3. The molecule has 0 aliphatic rings. The minimum atomic E-state index is -3.95. The van der Waals surface area contributed by atoms with Gasteiger partial charge in [0.2, 0.25) is 0 Å². The van der Waals surface area contributed by atoms with Crippen molar-refractivity contribution in [2.75, 3.05) is 29.8 Å². The van der Waals surface area contributed by atoms with Crippen LogP contribution in [0.1, 0.15) is 20.7 Å². The van der Waals surface area contributed by atoms with E-state index in [1.807, 2.05) is 0 Å². The predicted molar refractivity (Wildman–Crippen MR) is 185 cm³/mol. The highest BCUT2D eigenvalue weighted by atomic mass is 32.2. The molecule has 0 bridgehead atoms. The Morgan fingerprint density at radius 2 is 1.06 bits per heavy atom. The van der Waals surface area contributed by atoms with E-state index >= 15 is 0 Å². The molecular weight excluding hydrogens is 756 g/mol. The fourth-order valence-electron chi connectivity index (χ4n) is 4.32. The van der Waals surface area contributed by atoms with Crippen LogP contribution in [0.4, 0.5) is 14.4 Å². The summed E-state index contributed by atoms with van der Waals surface area (Å²) in [7, 11) is -3.67. The maximum atomic E-state index is 13.0. The van der Waals surface area contributed by atoms with Gasteiger partial charge in [0, 0.05) is 26.2 Å². The number of nitrogens with zero attached hydrogens (tertiary/aromatic N) is 2. The Balaban J connectivity index is 0.000000198. The van der Waals surface area contributed by atoms with E-state index in [4.69, 9.17) is 23.8 Å². The number of aromatic carboxylic acids is 2. The van der Waals surface area contributed by atoms with Crippen LogP contribution in [-0.2, 0) is 20.0 Å². The topological polar surface area (TPSA) is 219 Å². The van der Waals surface area contributed by atoms with E-state index in [1.165, 1.54) is 63.7 Å². The van der Waals surface area contributed by atoms with E-state index in [-0.39, 0.29) is 31.0 Å². The molecule has 15 nitrogen and oxygen atoms in total. The molecule has 6 aromatic rings. The van der Waals surface area contributed by atoms with Crippen molar-refractivity contribution in [2.24, 2.45) is 0 Å². The first-order chi connectivity index (χ1) is 23.9. The van der Waals surface area contributed by atoms with Gasteiger partial charge in [0.15, 0.2) is 11.2 Å². The molecule has 0 saturated carbocycles. The van der Waals surface area contributed by atoms with Gasteiger partial charge in [-0.25, -0.2) is 40.4 Å². The quantitative estimate of drug-likeness (QED) is 0.200. The normalized spacial score (nSPS) is 11.5. The Kier molecular flexibility index (Phi) is 10.1. The highest BCUT2D eigenvalue weighted by Crippen LogP contribution is 2.36. The lowest BCUT2D eigenvalue weighted by molar-refractivity contribution is 0.0681. The second kappa shape index (κ2) is 14.0. The van der Waals surface area contributed by atoms with E-state index < -0.39 is 60.2 Å². The van der Waals surface area contributed by atoms with E-state index in [0.29, 0.717) is 15.1 Å². The first-order valence-corrected chi connectivity index (χ1v) is 18.4. The lowest BCUT2D eigenvalue weighted by atomic mass is 10.3. The first-order valence-electron chi connectivity index (χ1n) is 13.9. The van der Waals surface area contributed by atoms with Crippen LogP contribution in [0.15, 0.2) is 101 Å². The van der Waals surface area contributed by atoms with E-state index in [0.717, 1.165) is 61.6 Å². The Morgan fingerprint density at radius 1 is 0.686 bits per heavy atom. The zero-order chi connectivity index (χ0) is 37.4. The van der Waals surface area contributed by atoms with Gasteiger partial charge in [-0.1, -0.05) is 0 Å². The van der Waals surface area contributed by atoms with Gasteiger partial charge in [0.1, 0.15) is 32.7 Å². The summed E-state index contributed by atoms with van der Waals surface area (Å²) in [5.74, 6) is -2.88. The molecule has 2 N–H and O–H groups in total. The minimum Gasteiger partial charge on any atom is -0.497 e. The van der Waals surface area contributed by atoms with Gasteiger partial charge in [-0.05, 0) is 60.7 Å². The van der Waals surface area contributed by atoms with Gasteiger partial charge < -0.3 is 23.8 Å². The molecule has 0 fully saturated rings. The SMILES string of the molecule is CN(c1cc2oc(=O)c(C(=O)O)cc2s1)S(=O)(=O)c1ccc(F)cc1.COc1ccc(S(=O)(=O)N(C)c2cc3oc(=O)c(C(=O)O)cc3s2)cc1. The zero-order valence-corrected chi connectivity index (χ0v) is 29.5. The monoisotopic (exact) mass is 778 g/mol. The molecule has 0 aliphatic carbocycles. The van der Waals surface area contributed by atoms with Crippen molar-refractivity contribution in [3.05, 3.63) is 111 Å². The highest BCUT2D eigenvalue weighted by molar-refractivity contribution is 7.93. The van der Waals surface area contributed by atoms with Gasteiger partial charge in [-0.3, -0.25) is 8.61 Å². The minimum absolute atomic E-state index is 0.0610. The number of hydrogen-bond donors (Lipinski definition) is 2. The van der Waals surface area contributed by atoms with Crippen LogP contribution >= 0.6 is 22.7 Å². The largest absolute Gasteiger partial charge is 0.497 e. The maximum Gasteiger partial charge on any atom is 0.351 e. The molecule has 2 aromatic carbocycles. The van der Waals surface area contributed by atoms with Crippen molar-refractivity contribution >= 4 is 85.2 Å². The van der Waals surface area contributed by atoms with Crippen LogP contribution in [0, 0.1) is 5.82 Å². The molecule has 6 rings (SSSR count). The molecule has 20 heteroatoms. The molecule has 0 saturated heterocycles. The van der Waals surface area contributed by atoms with Gasteiger partial charge in [0.25, 0.3) is 20.0 Å². The van der Waals surface area contributed by atoms with Crippen LogP contribution in [0.5, 0.6) is 5.75 Å². The number of hydrogen-bond acceptors (Lipinski definition) is 13. The number of carbonyl (C=O) groups is 2. The number of carboxylic acid groups (broad SMARTS) is 2. The Morgan fingerprint density at radius 3 is 1.41 bits per heavy atom. The number of benzene rings is 2. The van der Waals surface area contributed by atoms with E-state index in [2.05, 4.69) is 0 Å². The molecule has 0 spiro atoms. The average Bonchev–Trinajstić information content (AvgIpc) is 3.70. The number of sulfonamides is 2. The van der Waals surface area contributed by atoms with Crippen molar-refractivity contribution in [3.8, 4) is 5.75 Å². The summed E-state index contributed by atoms with van der Waals surface area (Å²) < 4.78 is 81.2. The molecule has 0 atom stereocenters. The third-order valence-corrected chi connectivity index (χ3v) is 13.2. The Bertz CT molecular complexity index is 2640. The molecule has 4 aromatic heterocycles. The standard InChI is InChI=1S/C16H13NO7S2.C15H10FNO6S2/c1-17(26(21,22)10-5-3-9(23-2)4-6-10)14-8-12-13(25-14)7-11(15(18)19)16(20)24-12;1-17(25(21,22)9-4-2-8(16)3-5-9)13-7-11-12(24-13)6-10(14(18)19)15(20)23-11/h3-8H,1-2H3,(H,18,19);2-7H,1H3,(H,18,19). The third kappa shape index (κ3) is 7.33. The van der Waals surface area contributed by atoms with Gasteiger partial charge >= 0.3 is 23.2 Å². The molecule has 266 valence electrons. The molecule has 0 aliphatic heterocycles. The smallest absolute Gasteiger partial charge is 0.351 e. The van der Waals surface area contributed by atoms with Crippen LogP contribution < -0.4 is 24.6 Å². The number of rotatable bonds is 9. The number of anilines is 2. The van der Waals surface area contributed by atoms with Crippen molar-refractivity contribution in [1.82, 2.24) is 0 Å². The second-order valence-electron chi connectivity index (χ2n) is 10.2. The zero-order valence-electron chi connectivity index (χ0n) is 26.2. The lowest BCUT2D eigenvalue weighted by Crippen LogP contribution is -2.25. The molecular formula is C31H23FN2O13S4. The summed E-state index contributed by atoms with van der Waals surface area (Å²) in [6.45, 7) is 0. The van der Waals surface area contributed by atoms with Crippen LogP contribution in [0.2, 0.25) is 0 Å². The van der Waals surface area contributed by atoms with Crippen molar-refractivity contribution < 1.29 is 54.6 Å². The molecule has 0 radical (unpaired) electrons. The van der Waals surface area contributed by atoms with E-state index in [1.54, 1.807) is 0 Å². The van der Waals surface area contributed by atoms with Crippen LogP contribution in [-0.4, -0.2) is 60.2 Å². The number of carboxylic acids is 2. The first kappa shape index (κ1) is 36.7.